The molecule has 0 saturated heterocycles. The fraction of sp³-hybridized carbons (Fsp3) is 0. The van der Waals surface area contributed by atoms with E-state index in [0.717, 1.165) is 94.1 Å². The fourth-order valence-corrected chi connectivity index (χ4v) is 8.23. The normalized spacial score (nSPS) is 11.6. The van der Waals surface area contributed by atoms with E-state index >= 15 is 0 Å². The van der Waals surface area contributed by atoms with Crippen molar-refractivity contribution in [1.82, 2.24) is 0 Å². The Morgan fingerprint density at radius 3 is 1.67 bits per heavy atom. The molecule has 11 rings (SSSR count). The Kier molecular flexibility index (Phi) is 7.17. The van der Waals surface area contributed by atoms with Crippen molar-refractivity contribution in [1.29, 1.82) is 0 Å². The Morgan fingerprint density at radius 2 is 0.945 bits per heavy atom. The molecule has 55 heavy (non-hydrogen) atoms. The lowest BCUT2D eigenvalue weighted by Crippen LogP contribution is -2.11. The van der Waals surface area contributed by atoms with E-state index in [1.807, 2.05) is 6.07 Å². The zero-order valence-corrected chi connectivity index (χ0v) is 29.8. The summed E-state index contributed by atoms with van der Waals surface area (Å²) in [6, 6.07) is 70.8. The third-order valence-electron chi connectivity index (χ3n) is 10.9. The number of nitrogens with zero attached hydrogens (tertiary/aromatic N) is 1. The highest BCUT2D eigenvalue weighted by Gasteiger charge is 2.24. The first-order valence-electron chi connectivity index (χ1n) is 18.7. The van der Waals surface area contributed by atoms with Gasteiger partial charge >= 0.3 is 0 Å². The predicted molar refractivity (Wildman–Crippen MR) is 229 cm³/mol. The zero-order valence-electron chi connectivity index (χ0n) is 29.8. The van der Waals surface area contributed by atoms with Gasteiger partial charge in [0.25, 0.3) is 0 Å². The average molecular weight is 704 g/mol. The summed E-state index contributed by atoms with van der Waals surface area (Å²) in [4.78, 5) is 2.40. The highest BCUT2D eigenvalue weighted by molar-refractivity contribution is 6.19. The van der Waals surface area contributed by atoms with E-state index in [-0.39, 0.29) is 0 Å². The number of rotatable bonds is 6. The van der Waals surface area contributed by atoms with Gasteiger partial charge in [-0.15, -0.1) is 0 Å². The molecule has 0 bridgehead atoms. The van der Waals surface area contributed by atoms with Crippen LogP contribution in [0.15, 0.2) is 209 Å². The molecule has 0 spiro atoms. The smallest absolute Gasteiger partial charge is 0.145 e. The van der Waals surface area contributed by atoms with Crippen LogP contribution in [-0.2, 0) is 0 Å². The topological polar surface area (TPSA) is 29.5 Å². The molecule has 258 valence electrons. The van der Waals surface area contributed by atoms with Gasteiger partial charge in [-0.25, -0.2) is 0 Å². The summed E-state index contributed by atoms with van der Waals surface area (Å²) in [5.74, 6) is 0. The molecule has 0 atom stereocenters. The van der Waals surface area contributed by atoms with Crippen molar-refractivity contribution in [2.45, 2.75) is 0 Å². The molecule has 0 radical (unpaired) electrons. The molecule has 0 fully saturated rings. The van der Waals surface area contributed by atoms with Crippen LogP contribution in [0.4, 0.5) is 17.1 Å². The molecule has 3 heteroatoms. The molecule has 3 nitrogen and oxygen atoms in total. The van der Waals surface area contributed by atoms with Crippen LogP contribution in [0.2, 0.25) is 0 Å². The number of hydrogen-bond donors (Lipinski definition) is 0. The largest absolute Gasteiger partial charge is 0.456 e. The molecule has 11 aromatic rings. The van der Waals surface area contributed by atoms with E-state index < -0.39 is 0 Å². The zero-order chi connectivity index (χ0) is 36.3. The Hall–Kier alpha value is -7.36. The minimum absolute atomic E-state index is 0.851. The van der Waals surface area contributed by atoms with Gasteiger partial charge in [-0.05, 0) is 93.9 Å². The first-order chi connectivity index (χ1) is 27.3. The Bertz CT molecular complexity index is 3190. The van der Waals surface area contributed by atoms with Gasteiger partial charge in [0.1, 0.15) is 22.3 Å². The van der Waals surface area contributed by atoms with Gasteiger partial charge < -0.3 is 13.7 Å². The summed E-state index contributed by atoms with van der Waals surface area (Å²) >= 11 is 0. The minimum atomic E-state index is 0.851. The number of furan rings is 2. The van der Waals surface area contributed by atoms with Gasteiger partial charge in [0.05, 0.1) is 16.8 Å². The van der Waals surface area contributed by atoms with Crippen LogP contribution in [0.5, 0.6) is 0 Å². The third-order valence-corrected chi connectivity index (χ3v) is 10.9. The van der Waals surface area contributed by atoms with Gasteiger partial charge in [-0.3, -0.25) is 0 Å². The second-order valence-electron chi connectivity index (χ2n) is 14.1. The fourth-order valence-electron chi connectivity index (χ4n) is 8.23. The maximum atomic E-state index is 6.97. The molecule has 2 aromatic heterocycles. The predicted octanol–water partition coefficient (Wildman–Crippen LogP) is 15.1. The highest BCUT2D eigenvalue weighted by atomic mass is 16.3. The lowest BCUT2D eigenvalue weighted by atomic mass is 9.98. The summed E-state index contributed by atoms with van der Waals surface area (Å²) in [7, 11) is 0. The average Bonchev–Trinajstić information content (AvgIpc) is 3.83. The second-order valence-corrected chi connectivity index (χ2v) is 14.1. The third kappa shape index (κ3) is 5.20. The highest BCUT2D eigenvalue weighted by Crippen LogP contribution is 2.48. The van der Waals surface area contributed by atoms with Crippen LogP contribution in [-0.4, -0.2) is 0 Å². The second kappa shape index (κ2) is 12.6. The number of fused-ring (bicyclic) bond motifs is 7. The van der Waals surface area contributed by atoms with E-state index in [1.54, 1.807) is 0 Å². The summed E-state index contributed by atoms with van der Waals surface area (Å²) in [5.41, 5.74) is 13.3. The van der Waals surface area contributed by atoms with Crippen molar-refractivity contribution >= 4 is 71.7 Å². The van der Waals surface area contributed by atoms with E-state index in [9.17, 15) is 0 Å². The van der Waals surface area contributed by atoms with E-state index in [0.29, 0.717) is 0 Å². The van der Waals surface area contributed by atoms with Crippen molar-refractivity contribution in [2.75, 3.05) is 4.90 Å². The number of anilines is 3. The molecule has 0 N–H and O–H groups in total. The standard InChI is InChI=1S/C52H33NO2/c1-4-13-34(14-5-1)38-23-26-43-45-33-40(25-30-48(45)54-49(43)31-38)53(46-22-12-20-36-19-10-11-21-41(36)46)47-29-28-42(37-17-8-3-9-18-37)52-51(47)44-27-24-39(32-50(44)55-52)35-15-6-2-7-16-35/h1-33H. The van der Waals surface area contributed by atoms with Crippen molar-refractivity contribution < 1.29 is 8.83 Å². The van der Waals surface area contributed by atoms with Gasteiger partial charge in [0.15, 0.2) is 0 Å². The molecule has 2 heterocycles. The van der Waals surface area contributed by atoms with Gasteiger partial charge in [-0.2, -0.15) is 0 Å². The van der Waals surface area contributed by atoms with Crippen molar-refractivity contribution in [3.05, 3.63) is 200 Å². The first kappa shape index (κ1) is 31.2. The van der Waals surface area contributed by atoms with Crippen molar-refractivity contribution in [3.8, 4) is 33.4 Å². The Morgan fingerprint density at radius 1 is 0.327 bits per heavy atom. The maximum absolute atomic E-state index is 6.97. The summed E-state index contributed by atoms with van der Waals surface area (Å²) in [6.07, 6.45) is 0. The van der Waals surface area contributed by atoms with Crippen LogP contribution in [0.3, 0.4) is 0 Å². The first-order valence-corrected chi connectivity index (χ1v) is 18.7. The number of benzene rings is 9. The summed E-state index contributed by atoms with van der Waals surface area (Å²) in [6.45, 7) is 0. The van der Waals surface area contributed by atoms with Crippen molar-refractivity contribution in [3.63, 3.8) is 0 Å². The Balaban J connectivity index is 1.18. The minimum Gasteiger partial charge on any atom is -0.456 e. The maximum Gasteiger partial charge on any atom is 0.145 e. The van der Waals surface area contributed by atoms with Crippen LogP contribution in [0.1, 0.15) is 0 Å². The molecular weight excluding hydrogens is 671 g/mol. The van der Waals surface area contributed by atoms with Crippen LogP contribution in [0.25, 0.3) is 88.0 Å². The lowest BCUT2D eigenvalue weighted by Gasteiger charge is -2.28. The lowest BCUT2D eigenvalue weighted by molar-refractivity contribution is 0.669. The summed E-state index contributed by atoms with van der Waals surface area (Å²) in [5, 5.41) is 6.62. The van der Waals surface area contributed by atoms with E-state index in [2.05, 4.69) is 199 Å². The van der Waals surface area contributed by atoms with Crippen LogP contribution in [0, 0.1) is 0 Å². The Labute approximate surface area is 317 Å². The molecule has 0 aliphatic heterocycles. The monoisotopic (exact) mass is 703 g/mol. The molecule has 0 aliphatic rings. The molecule has 9 aromatic carbocycles. The SMILES string of the molecule is c1ccc(-c2ccc3c(c2)oc2ccc(N(c4cccc5ccccc45)c4ccc(-c5ccccc5)c5oc6cc(-c7ccccc7)ccc6c45)cc23)cc1. The summed E-state index contributed by atoms with van der Waals surface area (Å²) < 4.78 is 13.5. The molecular formula is C52H33NO2. The molecule has 0 unspecified atom stereocenters. The number of hydrogen-bond acceptors (Lipinski definition) is 3. The molecule has 0 saturated carbocycles. The van der Waals surface area contributed by atoms with Gasteiger partial charge in [-0.1, -0.05) is 140 Å². The molecule has 0 aliphatic carbocycles. The quantitative estimate of drug-likeness (QED) is 0.173. The van der Waals surface area contributed by atoms with Crippen LogP contribution >= 0.6 is 0 Å². The molecule has 0 amide bonds. The van der Waals surface area contributed by atoms with E-state index in [1.165, 1.54) is 10.9 Å². The van der Waals surface area contributed by atoms with Gasteiger partial charge in [0, 0.05) is 32.8 Å². The van der Waals surface area contributed by atoms with Crippen LogP contribution < -0.4 is 4.90 Å². The van der Waals surface area contributed by atoms with Crippen molar-refractivity contribution in [2.24, 2.45) is 0 Å². The van der Waals surface area contributed by atoms with Gasteiger partial charge in [0.2, 0.25) is 0 Å². The van der Waals surface area contributed by atoms with E-state index in [4.69, 9.17) is 8.83 Å².